The first-order valence-electron chi connectivity index (χ1n) is 2.96. The molecule has 0 N–H and O–H groups in total. The van der Waals surface area contributed by atoms with E-state index >= 15 is 0 Å². The molecule has 0 spiro atoms. The smallest absolute Gasteiger partial charge is 0.316 e. The Balaban J connectivity index is 3.34. The Morgan fingerprint density at radius 1 is 1.78 bits per heavy atom. The highest BCUT2D eigenvalue weighted by atomic mass is 79.9. The maximum absolute atomic E-state index is 10.5. The SMILES string of the molecule is CC[C@H](C)OC(=O)CBr. The summed E-state index contributed by atoms with van der Waals surface area (Å²) in [5.41, 5.74) is 0. The number of carbonyl (C=O) groups is 1. The number of esters is 1. The Kier molecular flexibility index (Phi) is 4.77. The molecule has 9 heavy (non-hydrogen) atoms. The van der Waals surface area contributed by atoms with Crippen molar-refractivity contribution in [3.05, 3.63) is 0 Å². The van der Waals surface area contributed by atoms with Crippen LogP contribution in [0, 0.1) is 0 Å². The van der Waals surface area contributed by atoms with Crippen molar-refractivity contribution in [3.8, 4) is 0 Å². The molecule has 0 aliphatic carbocycles. The summed E-state index contributed by atoms with van der Waals surface area (Å²) in [7, 11) is 0. The van der Waals surface area contributed by atoms with Gasteiger partial charge in [0, 0.05) is 0 Å². The highest BCUT2D eigenvalue weighted by Gasteiger charge is 2.03. The third-order valence-electron chi connectivity index (χ3n) is 1.02. The first-order valence-corrected chi connectivity index (χ1v) is 4.08. The van der Waals surface area contributed by atoms with E-state index in [4.69, 9.17) is 4.74 Å². The second-order valence-electron chi connectivity index (χ2n) is 1.84. The van der Waals surface area contributed by atoms with Crippen LogP contribution in [0.4, 0.5) is 0 Å². The van der Waals surface area contributed by atoms with E-state index in [1.54, 1.807) is 0 Å². The number of alkyl halides is 1. The average Bonchev–Trinajstić information content (AvgIpc) is 1.87. The van der Waals surface area contributed by atoms with E-state index in [0.29, 0.717) is 0 Å². The van der Waals surface area contributed by atoms with Crippen molar-refractivity contribution in [2.45, 2.75) is 26.4 Å². The third-order valence-corrected chi connectivity index (χ3v) is 1.47. The third kappa shape index (κ3) is 4.45. The van der Waals surface area contributed by atoms with E-state index in [0.717, 1.165) is 6.42 Å². The molecule has 3 heteroatoms. The molecule has 0 saturated heterocycles. The van der Waals surface area contributed by atoms with E-state index in [-0.39, 0.29) is 17.4 Å². The van der Waals surface area contributed by atoms with Crippen LogP contribution in [0.25, 0.3) is 0 Å². The molecular weight excluding hydrogens is 184 g/mol. The summed E-state index contributed by atoms with van der Waals surface area (Å²) in [5.74, 6) is -0.190. The van der Waals surface area contributed by atoms with Gasteiger partial charge in [-0.1, -0.05) is 22.9 Å². The van der Waals surface area contributed by atoms with Gasteiger partial charge < -0.3 is 4.74 Å². The van der Waals surface area contributed by atoms with Crippen LogP contribution in [0.1, 0.15) is 20.3 Å². The second kappa shape index (κ2) is 4.79. The second-order valence-corrected chi connectivity index (χ2v) is 2.40. The largest absolute Gasteiger partial charge is 0.462 e. The fraction of sp³-hybridized carbons (Fsp3) is 0.833. The van der Waals surface area contributed by atoms with Crippen molar-refractivity contribution in [2.75, 3.05) is 5.33 Å². The molecule has 0 aliphatic rings. The van der Waals surface area contributed by atoms with Gasteiger partial charge in [0.1, 0.15) is 5.33 Å². The van der Waals surface area contributed by atoms with Crippen LogP contribution in [0.5, 0.6) is 0 Å². The molecular formula is C6H11BrO2. The average molecular weight is 195 g/mol. The van der Waals surface area contributed by atoms with E-state index in [9.17, 15) is 4.79 Å². The van der Waals surface area contributed by atoms with E-state index in [1.807, 2.05) is 13.8 Å². The molecule has 0 fully saturated rings. The van der Waals surface area contributed by atoms with Crippen molar-refractivity contribution >= 4 is 21.9 Å². The zero-order valence-electron chi connectivity index (χ0n) is 5.69. The van der Waals surface area contributed by atoms with Crippen LogP contribution in [0.3, 0.4) is 0 Å². The predicted octanol–water partition coefficient (Wildman–Crippen LogP) is 1.72. The molecule has 2 nitrogen and oxygen atoms in total. The van der Waals surface area contributed by atoms with Gasteiger partial charge in [-0.05, 0) is 13.3 Å². The van der Waals surface area contributed by atoms with Crippen LogP contribution >= 0.6 is 15.9 Å². The number of halogens is 1. The summed E-state index contributed by atoms with van der Waals surface area (Å²) in [4.78, 5) is 10.5. The van der Waals surface area contributed by atoms with Gasteiger partial charge in [0.15, 0.2) is 0 Å². The monoisotopic (exact) mass is 194 g/mol. The Bertz CT molecular complexity index is 93.1. The molecule has 0 aromatic carbocycles. The summed E-state index contributed by atoms with van der Waals surface area (Å²) < 4.78 is 4.86. The van der Waals surface area contributed by atoms with Crippen LogP contribution in [0.15, 0.2) is 0 Å². The minimum atomic E-state index is -0.190. The van der Waals surface area contributed by atoms with Crippen molar-refractivity contribution in [3.63, 3.8) is 0 Å². The van der Waals surface area contributed by atoms with Crippen LogP contribution in [-0.2, 0) is 9.53 Å². The lowest BCUT2D eigenvalue weighted by Crippen LogP contribution is -2.14. The van der Waals surface area contributed by atoms with Crippen LogP contribution in [-0.4, -0.2) is 17.4 Å². The summed E-state index contributed by atoms with van der Waals surface area (Å²) in [5, 5.41) is 0.289. The summed E-state index contributed by atoms with van der Waals surface area (Å²) in [6.45, 7) is 3.85. The molecule has 0 unspecified atom stereocenters. The van der Waals surface area contributed by atoms with Crippen molar-refractivity contribution in [2.24, 2.45) is 0 Å². The van der Waals surface area contributed by atoms with Crippen LogP contribution in [0.2, 0.25) is 0 Å². The lowest BCUT2D eigenvalue weighted by Gasteiger charge is -2.07. The first kappa shape index (κ1) is 8.95. The van der Waals surface area contributed by atoms with Gasteiger partial charge in [0.25, 0.3) is 0 Å². The van der Waals surface area contributed by atoms with Gasteiger partial charge in [-0.3, -0.25) is 4.79 Å². The molecule has 0 radical (unpaired) electrons. The van der Waals surface area contributed by atoms with E-state index in [1.165, 1.54) is 0 Å². The number of carbonyl (C=O) groups excluding carboxylic acids is 1. The quantitative estimate of drug-likeness (QED) is 0.506. The normalized spacial score (nSPS) is 12.8. The summed E-state index contributed by atoms with van der Waals surface area (Å²) >= 11 is 3.00. The number of hydrogen-bond donors (Lipinski definition) is 0. The van der Waals surface area contributed by atoms with E-state index < -0.39 is 0 Å². The zero-order valence-corrected chi connectivity index (χ0v) is 7.27. The van der Waals surface area contributed by atoms with Crippen molar-refractivity contribution in [1.82, 2.24) is 0 Å². The Morgan fingerprint density at radius 3 is 2.67 bits per heavy atom. The van der Waals surface area contributed by atoms with Gasteiger partial charge in [-0.2, -0.15) is 0 Å². The molecule has 0 rings (SSSR count). The molecule has 0 amide bonds. The maximum atomic E-state index is 10.5. The zero-order chi connectivity index (χ0) is 7.28. The molecule has 0 saturated carbocycles. The number of hydrogen-bond acceptors (Lipinski definition) is 2. The Morgan fingerprint density at radius 2 is 2.33 bits per heavy atom. The Hall–Kier alpha value is -0.0500. The van der Waals surface area contributed by atoms with Gasteiger partial charge in [0.05, 0.1) is 6.10 Å². The van der Waals surface area contributed by atoms with Crippen molar-refractivity contribution in [1.29, 1.82) is 0 Å². The lowest BCUT2D eigenvalue weighted by atomic mass is 10.3. The molecule has 54 valence electrons. The minimum Gasteiger partial charge on any atom is -0.462 e. The maximum Gasteiger partial charge on any atom is 0.316 e. The summed E-state index contributed by atoms with van der Waals surface area (Å²) in [6.07, 6.45) is 0.925. The van der Waals surface area contributed by atoms with Gasteiger partial charge >= 0.3 is 5.97 Å². The summed E-state index contributed by atoms with van der Waals surface area (Å²) in [6, 6.07) is 0. The highest BCUT2D eigenvalue weighted by Crippen LogP contribution is 1.97. The number of rotatable bonds is 3. The molecule has 0 aliphatic heterocycles. The van der Waals surface area contributed by atoms with Gasteiger partial charge in [-0.15, -0.1) is 0 Å². The highest BCUT2D eigenvalue weighted by molar-refractivity contribution is 9.09. The lowest BCUT2D eigenvalue weighted by molar-refractivity contribution is -0.144. The molecule has 0 aromatic rings. The molecule has 0 bridgehead atoms. The first-order chi connectivity index (χ1) is 4.20. The van der Waals surface area contributed by atoms with E-state index in [2.05, 4.69) is 15.9 Å². The predicted molar refractivity (Wildman–Crippen MR) is 39.6 cm³/mol. The Labute approximate surface area is 63.7 Å². The van der Waals surface area contributed by atoms with Crippen LogP contribution < -0.4 is 0 Å². The standard InChI is InChI=1S/C6H11BrO2/c1-3-5(2)9-6(8)4-7/h5H,3-4H2,1-2H3/t5-/m0/s1. The molecule has 1 atom stereocenters. The van der Waals surface area contributed by atoms with Gasteiger partial charge in [0.2, 0.25) is 0 Å². The molecule has 0 aromatic heterocycles. The topological polar surface area (TPSA) is 26.3 Å². The van der Waals surface area contributed by atoms with Crippen molar-refractivity contribution < 1.29 is 9.53 Å². The number of ether oxygens (including phenoxy) is 1. The fourth-order valence-electron chi connectivity index (χ4n) is 0.339. The fourth-order valence-corrected chi connectivity index (χ4v) is 0.471. The molecule has 0 heterocycles. The van der Waals surface area contributed by atoms with Gasteiger partial charge in [-0.25, -0.2) is 0 Å². The minimum absolute atomic E-state index is 0.0510.